The number of alkyl carbamates (subject to hydrolysis) is 1. The first kappa shape index (κ1) is 29.4. The van der Waals surface area contributed by atoms with E-state index in [4.69, 9.17) is 18.9 Å². The van der Waals surface area contributed by atoms with Gasteiger partial charge in [-0.05, 0) is 41.5 Å². The number of carbonyl (C=O) groups excluding carboxylic acids is 3. The number of methoxy groups -OCH3 is 1. The molecule has 1 rings (SSSR count). The van der Waals surface area contributed by atoms with Gasteiger partial charge in [0.25, 0.3) is 0 Å². The molecule has 1 saturated carbocycles. The number of nitrogens with one attached hydrogen (secondary N) is 1. The van der Waals surface area contributed by atoms with Gasteiger partial charge in [-0.3, -0.25) is 14.9 Å². The standard InChI is InChI=1S/C21H36N2O11/c1-19(2,3)33-17(27)22-21(11-32-18(28)34-20(4,5)6)14(8-15(25)31-7)12(9-23(29)30)13(10-24)16(21)26/h12-14,16,24,26H,8-11H2,1-7H3,(H,22,27)/t12-,13-,14+,16+,21+/m0/s1. The number of hydrogen-bond donors (Lipinski definition) is 3. The number of hydrogen-bond acceptors (Lipinski definition) is 11. The molecule has 0 heterocycles. The Hall–Kier alpha value is -2.67. The number of aliphatic hydroxyl groups is 2. The summed E-state index contributed by atoms with van der Waals surface area (Å²) >= 11 is 0. The summed E-state index contributed by atoms with van der Waals surface area (Å²) in [5.74, 6) is -4.15. The van der Waals surface area contributed by atoms with Crippen molar-refractivity contribution in [3.8, 4) is 0 Å². The molecule has 3 N–H and O–H groups in total. The molecule has 34 heavy (non-hydrogen) atoms. The van der Waals surface area contributed by atoms with Crippen LogP contribution in [0, 0.1) is 27.9 Å². The van der Waals surface area contributed by atoms with E-state index in [2.05, 4.69) is 5.32 Å². The van der Waals surface area contributed by atoms with Gasteiger partial charge in [0, 0.05) is 29.3 Å². The van der Waals surface area contributed by atoms with E-state index < -0.39 is 89.9 Å². The number of nitro groups is 1. The van der Waals surface area contributed by atoms with Crippen LogP contribution in [-0.2, 0) is 23.7 Å². The summed E-state index contributed by atoms with van der Waals surface area (Å²) in [4.78, 5) is 47.9. The highest BCUT2D eigenvalue weighted by Crippen LogP contribution is 2.47. The lowest BCUT2D eigenvalue weighted by atomic mass is 9.79. The van der Waals surface area contributed by atoms with Gasteiger partial charge >= 0.3 is 18.2 Å². The van der Waals surface area contributed by atoms with Crippen LogP contribution in [0.1, 0.15) is 48.0 Å². The fourth-order valence-electron chi connectivity index (χ4n) is 4.13. The monoisotopic (exact) mass is 492 g/mol. The van der Waals surface area contributed by atoms with Crippen LogP contribution < -0.4 is 5.32 Å². The molecule has 0 spiro atoms. The Kier molecular flexibility index (Phi) is 9.65. The zero-order valence-corrected chi connectivity index (χ0v) is 20.7. The van der Waals surface area contributed by atoms with E-state index in [1.165, 1.54) is 0 Å². The molecule has 196 valence electrons. The van der Waals surface area contributed by atoms with Crippen LogP contribution in [0.15, 0.2) is 0 Å². The Morgan fingerprint density at radius 3 is 2.06 bits per heavy atom. The van der Waals surface area contributed by atoms with Crippen molar-refractivity contribution in [2.75, 3.05) is 26.9 Å². The van der Waals surface area contributed by atoms with Crippen LogP contribution in [0.25, 0.3) is 0 Å². The fraction of sp³-hybridized carbons (Fsp3) is 0.857. The van der Waals surface area contributed by atoms with E-state index in [1.54, 1.807) is 41.5 Å². The molecule has 0 aromatic heterocycles. The third-order valence-corrected chi connectivity index (χ3v) is 5.40. The van der Waals surface area contributed by atoms with Gasteiger partial charge in [-0.1, -0.05) is 0 Å². The van der Waals surface area contributed by atoms with Crippen LogP contribution in [-0.4, -0.2) is 83.1 Å². The summed E-state index contributed by atoms with van der Waals surface area (Å²) in [5.41, 5.74) is -3.79. The number of ether oxygens (including phenoxy) is 4. The molecule has 5 atom stereocenters. The van der Waals surface area contributed by atoms with Gasteiger partial charge in [0.2, 0.25) is 6.54 Å². The maximum Gasteiger partial charge on any atom is 0.508 e. The van der Waals surface area contributed by atoms with E-state index in [1.807, 2.05) is 0 Å². The number of esters is 1. The predicted octanol–water partition coefficient (Wildman–Crippen LogP) is 1.26. The second-order valence-electron chi connectivity index (χ2n) is 10.3. The number of carbonyl (C=O) groups is 3. The Bertz CT molecular complexity index is 759. The van der Waals surface area contributed by atoms with Gasteiger partial charge in [0.05, 0.1) is 19.6 Å². The van der Waals surface area contributed by atoms with Crippen LogP contribution >= 0.6 is 0 Å². The average molecular weight is 493 g/mol. The van der Waals surface area contributed by atoms with Gasteiger partial charge in [-0.15, -0.1) is 0 Å². The molecule has 0 unspecified atom stereocenters. The van der Waals surface area contributed by atoms with Gasteiger partial charge in [0.15, 0.2) is 0 Å². The highest BCUT2D eigenvalue weighted by molar-refractivity contribution is 5.72. The smallest absolute Gasteiger partial charge is 0.469 e. The molecule has 13 heteroatoms. The molecule has 13 nitrogen and oxygen atoms in total. The Morgan fingerprint density at radius 1 is 1.06 bits per heavy atom. The first-order chi connectivity index (χ1) is 15.5. The molecule has 1 aliphatic carbocycles. The van der Waals surface area contributed by atoms with E-state index in [0.29, 0.717) is 0 Å². The number of amides is 1. The molecule has 0 bridgehead atoms. The van der Waals surface area contributed by atoms with Crippen molar-refractivity contribution in [3.05, 3.63) is 10.1 Å². The maximum absolute atomic E-state index is 12.7. The lowest BCUT2D eigenvalue weighted by Crippen LogP contribution is -2.63. The van der Waals surface area contributed by atoms with Crippen molar-refractivity contribution in [1.82, 2.24) is 5.32 Å². The fourth-order valence-corrected chi connectivity index (χ4v) is 4.13. The van der Waals surface area contributed by atoms with Crippen molar-refractivity contribution in [2.24, 2.45) is 17.8 Å². The first-order valence-electron chi connectivity index (χ1n) is 10.8. The molecule has 1 fully saturated rings. The lowest BCUT2D eigenvalue weighted by Gasteiger charge is -2.39. The van der Waals surface area contributed by atoms with E-state index in [0.717, 1.165) is 7.11 Å². The van der Waals surface area contributed by atoms with Crippen LogP contribution in [0.5, 0.6) is 0 Å². The third kappa shape index (κ3) is 7.97. The molecular weight excluding hydrogens is 456 g/mol. The molecular formula is C21H36N2O11. The topological polar surface area (TPSA) is 184 Å². The normalized spacial score (nSPS) is 27.0. The minimum atomic E-state index is -1.93. The molecule has 0 aliphatic heterocycles. The van der Waals surface area contributed by atoms with Gasteiger partial charge in [0.1, 0.15) is 23.3 Å². The van der Waals surface area contributed by atoms with Gasteiger partial charge in [-0.25, -0.2) is 9.59 Å². The predicted molar refractivity (Wildman–Crippen MR) is 116 cm³/mol. The van der Waals surface area contributed by atoms with E-state index in [9.17, 15) is 34.7 Å². The van der Waals surface area contributed by atoms with Gasteiger partial charge in [-0.2, -0.15) is 0 Å². The molecule has 1 aliphatic rings. The van der Waals surface area contributed by atoms with Crippen molar-refractivity contribution in [1.29, 1.82) is 0 Å². The minimum absolute atomic E-state index is 0.476. The SMILES string of the molecule is COC(=O)C[C@@H]1[C@@H](C[N+](=O)[O-])[C@H](CO)[C@@H](O)[C@]1(COC(=O)OC(C)(C)C)NC(=O)OC(C)(C)C. The van der Waals surface area contributed by atoms with Crippen molar-refractivity contribution in [3.63, 3.8) is 0 Å². The van der Waals surface area contributed by atoms with Crippen LogP contribution in [0.4, 0.5) is 9.59 Å². The quantitative estimate of drug-likeness (QED) is 0.192. The summed E-state index contributed by atoms with van der Waals surface area (Å²) < 4.78 is 20.3. The van der Waals surface area contributed by atoms with E-state index >= 15 is 0 Å². The zero-order valence-electron chi connectivity index (χ0n) is 20.7. The van der Waals surface area contributed by atoms with Crippen molar-refractivity contribution < 1.29 is 48.5 Å². The Morgan fingerprint density at radius 2 is 1.62 bits per heavy atom. The highest BCUT2D eigenvalue weighted by atomic mass is 16.7. The third-order valence-electron chi connectivity index (χ3n) is 5.40. The second-order valence-corrected chi connectivity index (χ2v) is 10.3. The van der Waals surface area contributed by atoms with Crippen molar-refractivity contribution in [2.45, 2.75) is 70.8 Å². The summed E-state index contributed by atoms with van der Waals surface area (Å²) in [6.07, 6.45) is -4.27. The molecule has 0 aromatic rings. The summed E-state index contributed by atoms with van der Waals surface area (Å²) in [7, 11) is 1.11. The highest BCUT2D eigenvalue weighted by Gasteiger charge is 2.63. The second kappa shape index (κ2) is 11.2. The number of aliphatic hydroxyl groups excluding tert-OH is 2. The van der Waals surface area contributed by atoms with Gasteiger partial charge < -0.3 is 34.5 Å². The minimum Gasteiger partial charge on any atom is -0.469 e. The molecule has 0 radical (unpaired) electrons. The van der Waals surface area contributed by atoms with Crippen LogP contribution in [0.3, 0.4) is 0 Å². The zero-order chi connectivity index (χ0) is 26.5. The van der Waals surface area contributed by atoms with Crippen molar-refractivity contribution >= 4 is 18.2 Å². The number of nitrogens with zero attached hydrogens (tertiary/aromatic N) is 1. The van der Waals surface area contributed by atoms with Crippen LogP contribution in [0.2, 0.25) is 0 Å². The Labute approximate surface area is 198 Å². The average Bonchev–Trinajstić information content (AvgIpc) is 2.84. The molecule has 0 saturated heterocycles. The maximum atomic E-state index is 12.7. The van der Waals surface area contributed by atoms with E-state index in [-0.39, 0.29) is 0 Å². The summed E-state index contributed by atoms with van der Waals surface area (Å²) in [6.45, 7) is 7.45. The summed E-state index contributed by atoms with van der Waals surface area (Å²) in [5, 5.41) is 35.0. The lowest BCUT2D eigenvalue weighted by molar-refractivity contribution is -0.491. The summed E-state index contributed by atoms with van der Waals surface area (Å²) in [6, 6.07) is 0. The largest absolute Gasteiger partial charge is 0.508 e. The Balaban J connectivity index is 3.51. The number of rotatable bonds is 8. The molecule has 0 aromatic carbocycles. The molecule has 1 amide bonds. The first-order valence-corrected chi connectivity index (χ1v) is 10.8.